The number of carbonyl (C=O) groups excluding carboxylic acids is 2. The molecule has 126 valence electrons. The Labute approximate surface area is 134 Å². The van der Waals surface area contributed by atoms with Crippen molar-refractivity contribution in [3.05, 3.63) is 0 Å². The molecule has 1 saturated carbocycles. The maximum atomic E-state index is 12.7. The number of hydrogen-bond donors (Lipinski definition) is 1. The smallest absolute Gasteiger partial charge is 0.240 e. The Kier molecular flexibility index (Phi) is 5.98. The van der Waals surface area contributed by atoms with Gasteiger partial charge in [0.2, 0.25) is 5.91 Å². The predicted octanol–water partition coefficient (Wildman–Crippen LogP) is 1.96. The fourth-order valence-corrected chi connectivity index (χ4v) is 4.18. The van der Waals surface area contributed by atoms with Crippen LogP contribution in [0.25, 0.3) is 0 Å². The Morgan fingerprint density at radius 2 is 1.77 bits per heavy atom. The molecule has 0 spiro atoms. The highest BCUT2D eigenvalue weighted by atomic mass is 16.2. The summed E-state index contributed by atoms with van der Waals surface area (Å²) in [7, 11) is 0. The van der Waals surface area contributed by atoms with Crippen molar-refractivity contribution >= 4 is 11.7 Å². The van der Waals surface area contributed by atoms with E-state index >= 15 is 0 Å². The van der Waals surface area contributed by atoms with E-state index in [9.17, 15) is 9.59 Å². The Balaban J connectivity index is 1.97. The molecular formula is C17H31N3O2. The average Bonchev–Trinajstić information content (AvgIpc) is 2.94. The summed E-state index contributed by atoms with van der Waals surface area (Å²) in [4.78, 5) is 26.9. The van der Waals surface area contributed by atoms with Gasteiger partial charge in [0, 0.05) is 23.9 Å². The first-order valence-electron chi connectivity index (χ1n) is 8.74. The third kappa shape index (κ3) is 3.87. The highest BCUT2D eigenvalue weighted by molar-refractivity contribution is 5.87. The van der Waals surface area contributed by atoms with Crippen LogP contribution in [0, 0.1) is 11.8 Å². The summed E-state index contributed by atoms with van der Waals surface area (Å²) in [6.07, 6.45) is 5.97. The van der Waals surface area contributed by atoms with Gasteiger partial charge >= 0.3 is 0 Å². The SMILES string of the molecule is CC(=O)C1CCCCC1C(=O)N(N)C[C@@H]1CCCN1C(C)C. The molecule has 0 aromatic rings. The summed E-state index contributed by atoms with van der Waals surface area (Å²) in [5.41, 5.74) is 0. The molecule has 2 aliphatic rings. The summed E-state index contributed by atoms with van der Waals surface area (Å²) in [5.74, 6) is 5.87. The third-order valence-corrected chi connectivity index (χ3v) is 5.38. The maximum absolute atomic E-state index is 12.7. The molecule has 2 fully saturated rings. The zero-order valence-corrected chi connectivity index (χ0v) is 14.3. The Hall–Kier alpha value is -0.940. The third-order valence-electron chi connectivity index (χ3n) is 5.38. The molecule has 3 atom stereocenters. The minimum absolute atomic E-state index is 0.0319. The summed E-state index contributed by atoms with van der Waals surface area (Å²) in [6.45, 7) is 7.65. The zero-order chi connectivity index (χ0) is 16.3. The van der Waals surface area contributed by atoms with Gasteiger partial charge < -0.3 is 0 Å². The Morgan fingerprint density at radius 1 is 1.14 bits per heavy atom. The predicted molar refractivity (Wildman–Crippen MR) is 86.9 cm³/mol. The van der Waals surface area contributed by atoms with Crippen LogP contribution in [0.3, 0.4) is 0 Å². The molecule has 5 nitrogen and oxygen atoms in total. The van der Waals surface area contributed by atoms with Crippen LogP contribution in [0.1, 0.15) is 59.3 Å². The van der Waals surface area contributed by atoms with Crippen molar-refractivity contribution in [2.45, 2.75) is 71.4 Å². The fourth-order valence-electron chi connectivity index (χ4n) is 4.18. The average molecular weight is 309 g/mol. The molecule has 0 aromatic carbocycles. The number of Topliss-reactive ketones (excluding diaryl/α,β-unsaturated/α-hetero) is 1. The van der Waals surface area contributed by atoms with Crippen LogP contribution >= 0.6 is 0 Å². The second-order valence-electron chi connectivity index (χ2n) is 7.23. The molecule has 1 aliphatic carbocycles. The standard InChI is InChI=1S/C17H31N3O2/c1-12(2)19-10-6-7-14(19)11-20(18)17(22)16-9-5-4-8-15(16)13(3)21/h12,14-16H,4-11,18H2,1-3H3/t14-,15?,16?/m0/s1. The van der Waals surface area contributed by atoms with Crippen LogP contribution in [0.4, 0.5) is 0 Å². The monoisotopic (exact) mass is 309 g/mol. The van der Waals surface area contributed by atoms with E-state index in [0.29, 0.717) is 18.6 Å². The van der Waals surface area contributed by atoms with Gasteiger partial charge in [-0.3, -0.25) is 19.5 Å². The van der Waals surface area contributed by atoms with E-state index in [0.717, 1.165) is 38.6 Å². The van der Waals surface area contributed by atoms with Gasteiger partial charge in [0.05, 0.1) is 6.54 Å². The van der Waals surface area contributed by atoms with Gasteiger partial charge in [0.25, 0.3) is 0 Å². The molecule has 22 heavy (non-hydrogen) atoms. The minimum Gasteiger partial charge on any atom is -0.300 e. The van der Waals surface area contributed by atoms with E-state index < -0.39 is 0 Å². The second kappa shape index (κ2) is 7.55. The Morgan fingerprint density at radius 3 is 2.36 bits per heavy atom. The number of amides is 1. The quantitative estimate of drug-likeness (QED) is 0.479. The lowest BCUT2D eigenvalue weighted by molar-refractivity contribution is -0.143. The molecule has 0 aromatic heterocycles. The van der Waals surface area contributed by atoms with Gasteiger partial charge in [0.15, 0.2) is 0 Å². The first-order chi connectivity index (χ1) is 10.4. The van der Waals surface area contributed by atoms with E-state index in [1.54, 1.807) is 6.92 Å². The molecule has 5 heteroatoms. The summed E-state index contributed by atoms with van der Waals surface area (Å²) < 4.78 is 0. The van der Waals surface area contributed by atoms with Crippen LogP contribution < -0.4 is 5.84 Å². The van der Waals surface area contributed by atoms with E-state index in [4.69, 9.17) is 5.84 Å². The van der Waals surface area contributed by atoms with Gasteiger partial charge in [-0.2, -0.15) is 0 Å². The molecule has 2 unspecified atom stereocenters. The number of likely N-dealkylation sites (tertiary alicyclic amines) is 1. The van der Waals surface area contributed by atoms with Gasteiger partial charge in [-0.1, -0.05) is 12.8 Å². The van der Waals surface area contributed by atoms with Crippen LogP contribution in [0.15, 0.2) is 0 Å². The molecular weight excluding hydrogens is 278 g/mol. The molecule has 1 aliphatic heterocycles. The second-order valence-corrected chi connectivity index (χ2v) is 7.23. The summed E-state index contributed by atoms with van der Waals surface area (Å²) in [6, 6.07) is 0.837. The van der Waals surface area contributed by atoms with Gasteiger partial charge in [-0.05, 0) is 53.0 Å². The number of carbonyl (C=O) groups is 2. The van der Waals surface area contributed by atoms with Crippen LogP contribution in [0.2, 0.25) is 0 Å². The van der Waals surface area contributed by atoms with Crippen molar-refractivity contribution in [3.63, 3.8) is 0 Å². The van der Waals surface area contributed by atoms with E-state index in [2.05, 4.69) is 18.7 Å². The minimum atomic E-state index is -0.204. The summed E-state index contributed by atoms with van der Waals surface area (Å²) in [5, 5.41) is 1.40. The van der Waals surface area contributed by atoms with Gasteiger partial charge in [0.1, 0.15) is 5.78 Å². The lowest BCUT2D eigenvalue weighted by Crippen LogP contribution is -2.51. The number of hydrogen-bond acceptors (Lipinski definition) is 4. The van der Waals surface area contributed by atoms with Crippen molar-refractivity contribution < 1.29 is 9.59 Å². The van der Waals surface area contributed by atoms with Gasteiger partial charge in [-0.15, -0.1) is 0 Å². The van der Waals surface area contributed by atoms with E-state index in [1.807, 2.05) is 0 Å². The van der Waals surface area contributed by atoms with Crippen molar-refractivity contribution in [1.82, 2.24) is 9.91 Å². The summed E-state index contributed by atoms with van der Waals surface area (Å²) >= 11 is 0. The topological polar surface area (TPSA) is 66.6 Å². The number of ketones is 1. The molecule has 0 bridgehead atoms. The molecule has 0 radical (unpaired) electrons. The number of nitrogens with two attached hydrogens (primary N) is 1. The molecule has 1 heterocycles. The zero-order valence-electron chi connectivity index (χ0n) is 14.3. The lowest BCUT2D eigenvalue weighted by atomic mass is 9.76. The highest BCUT2D eigenvalue weighted by Crippen LogP contribution is 2.32. The molecule has 2 rings (SSSR count). The fraction of sp³-hybridized carbons (Fsp3) is 0.882. The molecule has 1 amide bonds. The number of nitrogens with zero attached hydrogens (tertiary/aromatic N) is 2. The van der Waals surface area contributed by atoms with Gasteiger partial charge in [-0.25, -0.2) is 5.84 Å². The van der Waals surface area contributed by atoms with E-state index in [-0.39, 0.29) is 23.5 Å². The number of rotatable bonds is 5. The first-order valence-corrected chi connectivity index (χ1v) is 8.74. The van der Waals surface area contributed by atoms with Crippen molar-refractivity contribution in [1.29, 1.82) is 0 Å². The largest absolute Gasteiger partial charge is 0.300 e. The van der Waals surface area contributed by atoms with Crippen LogP contribution in [-0.2, 0) is 9.59 Å². The molecule has 2 N–H and O–H groups in total. The van der Waals surface area contributed by atoms with Crippen molar-refractivity contribution in [3.8, 4) is 0 Å². The highest BCUT2D eigenvalue weighted by Gasteiger charge is 2.37. The van der Waals surface area contributed by atoms with E-state index in [1.165, 1.54) is 11.4 Å². The Bertz CT molecular complexity index is 411. The lowest BCUT2D eigenvalue weighted by Gasteiger charge is -2.35. The van der Waals surface area contributed by atoms with Crippen LogP contribution in [0.5, 0.6) is 0 Å². The normalized spacial score (nSPS) is 29.8. The van der Waals surface area contributed by atoms with Crippen molar-refractivity contribution in [2.75, 3.05) is 13.1 Å². The first kappa shape index (κ1) is 17.4. The van der Waals surface area contributed by atoms with Crippen LogP contribution in [-0.4, -0.2) is 46.8 Å². The molecule has 1 saturated heterocycles. The maximum Gasteiger partial charge on any atom is 0.240 e. The van der Waals surface area contributed by atoms with Crippen molar-refractivity contribution in [2.24, 2.45) is 17.7 Å². The number of hydrazine groups is 1.